The smallest absolute Gasteiger partial charge is 0.225 e. The number of nitrogens with zero attached hydrogens (tertiary/aromatic N) is 3. The molecule has 38 heavy (non-hydrogen) atoms. The monoisotopic (exact) mass is 504 g/mol. The van der Waals surface area contributed by atoms with Crippen LogP contribution in [0.3, 0.4) is 0 Å². The molecule has 1 fully saturated rings. The van der Waals surface area contributed by atoms with Crippen molar-refractivity contribution in [1.29, 1.82) is 0 Å². The van der Waals surface area contributed by atoms with E-state index in [1.807, 2.05) is 26.2 Å². The van der Waals surface area contributed by atoms with E-state index in [-0.39, 0.29) is 0 Å². The van der Waals surface area contributed by atoms with Crippen molar-refractivity contribution < 1.29 is 0 Å². The van der Waals surface area contributed by atoms with E-state index < -0.39 is 0 Å². The van der Waals surface area contributed by atoms with Crippen molar-refractivity contribution in [3.8, 4) is 11.3 Å². The van der Waals surface area contributed by atoms with Crippen molar-refractivity contribution in [2.45, 2.75) is 38.3 Å². The molecule has 6 nitrogen and oxygen atoms in total. The minimum atomic E-state index is 0.417. The summed E-state index contributed by atoms with van der Waals surface area (Å²) in [5.41, 5.74) is 5.99. The summed E-state index contributed by atoms with van der Waals surface area (Å²) < 4.78 is 0. The number of rotatable bonds is 8. The molecule has 5 aromatic rings. The summed E-state index contributed by atoms with van der Waals surface area (Å²) in [6.07, 6.45) is 4.70. The molecule has 6 rings (SSSR count). The molecule has 2 aromatic heterocycles. The average molecular weight is 505 g/mol. The summed E-state index contributed by atoms with van der Waals surface area (Å²) in [5.74, 6) is 2.39. The molecule has 2 heterocycles. The quantitative estimate of drug-likeness (QED) is 0.222. The molecule has 1 aliphatic carbocycles. The predicted octanol–water partition coefficient (Wildman–Crippen LogP) is 6.60. The van der Waals surface area contributed by atoms with Gasteiger partial charge in [-0.3, -0.25) is 0 Å². The summed E-state index contributed by atoms with van der Waals surface area (Å²) >= 11 is 0. The van der Waals surface area contributed by atoms with Crippen LogP contribution in [0.1, 0.15) is 31.2 Å². The summed E-state index contributed by atoms with van der Waals surface area (Å²) in [4.78, 5) is 15.4. The molecule has 0 aliphatic heterocycles. The average Bonchev–Trinajstić information content (AvgIpc) is 3.32. The first-order valence-electron chi connectivity index (χ1n) is 13.7. The van der Waals surface area contributed by atoms with Crippen LogP contribution in [-0.4, -0.2) is 41.6 Å². The van der Waals surface area contributed by atoms with Gasteiger partial charge >= 0.3 is 0 Å². The van der Waals surface area contributed by atoms with Crippen LogP contribution in [0.2, 0.25) is 0 Å². The molecule has 0 atom stereocenters. The van der Waals surface area contributed by atoms with Gasteiger partial charge < -0.3 is 20.5 Å². The molecular weight excluding hydrogens is 468 g/mol. The molecule has 3 N–H and O–H groups in total. The van der Waals surface area contributed by atoms with E-state index >= 15 is 0 Å². The van der Waals surface area contributed by atoms with Gasteiger partial charge in [-0.1, -0.05) is 60.7 Å². The second-order valence-corrected chi connectivity index (χ2v) is 10.7. The number of anilines is 2. The van der Waals surface area contributed by atoms with Crippen LogP contribution in [0.15, 0.2) is 78.9 Å². The van der Waals surface area contributed by atoms with Gasteiger partial charge in [-0.25, -0.2) is 4.98 Å². The SMILES string of the molecule is CN(C)c1nc(NC2CCC(CNCc3c(-c4ccccc4)[nH]c4ccccc34)CC2)nc2ccccc12. The Labute approximate surface area is 224 Å². The van der Waals surface area contributed by atoms with E-state index in [9.17, 15) is 0 Å². The Morgan fingerprint density at radius 2 is 1.53 bits per heavy atom. The number of aromatic amines is 1. The maximum Gasteiger partial charge on any atom is 0.225 e. The first kappa shape index (κ1) is 24.4. The second kappa shape index (κ2) is 10.8. The Bertz CT molecular complexity index is 1520. The third-order valence-electron chi connectivity index (χ3n) is 7.80. The second-order valence-electron chi connectivity index (χ2n) is 10.7. The van der Waals surface area contributed by atoms with E-state index in [0.29, 0.717) is 12.0 Å². The highest BCUT2D eigenvalue weighted by atomic mass is 15.2. The van der Waals surface area contributed by atoms with Crippen LogP contribution in [0.5, 0.6) is 0 Å². The minimum Gasteiger partial charge on any atom is -0.362 e. The number of fused-ring (bicyclic) bond motifs is 2. The summed E-state index contributed by atoms with van der Waals surface area (Å²) in [6, 6.07) is 27.9. The van der Waals surface area contributed by atoms with Crippen molar-refractivity contribution in [2.24, 2.45) is 5.92 Å². The zero-order chi connectivity index (χ0) is 25.9. The van der Waals surface area contributed by atoms with Crippen LogP contribution >= 0.6 is 0 Å². The lowest BCUT2D eigenvalue weighted by Crippen LogP contribution is -2.31. The highest BCUT2D eigenvalue weighted by Gasteiger charge is 2.22. The lowest BCUT2D eigenvalue weighted by molar-refractivity contribution is 0.324. The molecule has 0 spiro atoms. The molecule has 194 valence electrons. The van der Waals surface area contributed by atoms with Gasteiger partial charge in [-0.05, 0) is 67.5 Å². The summed E-state index contributed by atoms with van der Waals surface area (Å²) in [7, 11) is 4.08. The molecule has 1 aliphatic rings. The zero-order valence-electron chi connectivity index (χ0n) is 22.2. The van der Waals surface area contributed by atoms with Crippen molar-refractivity contribution >= 4 is 33.6 Å². The van der Waals surface area contributed by atoms with Gasteiger partial charge in [0.15, 0.2) is 0 Å². The molecule has 6 heteroatoms. The number of hydrogen-bond acceptors (Lipinski definition) is 5. The van der Waals surface area contributed by atoms with E-state index in [0.717, 1.165) is 48.6 Å². The van der Waals surface area contributed by atoms with Crippen LogP contribution in [0, 0.1) is 5.92 Å². The largest absolute Gasteiger partial charge is 0.362 e. The maximum atomic E-state index is 4.84. The maximum absolute atomic E-state index is 4.84. The summed E-state index contributed by atoms with van der Waals surface area (Å²) in [5, 5.41) is 9.82. The van der Waals surface area contributed by atoms with Gasteiger partial charge in [-0.15, -0.1) is 0 Å². The molecule has 0 unspecified atom stereocenters. The van der Waals surface area contributed by atoms with E-state index in [1.54, 1.807) is 0 Å². The lowest BCUT2D eigenvalue weighted by atomic mass is 9.86. The fraction of sp³-hybridized carbons (Fsp3) is 0.312. The first-order chi connectivity index (χ1) is 18.7. The van der Waals surface area contributed by atoms with Crippen molar-refractivity contribution in [1.82, 2.24) is 20.3 Å². The van der Waals surface area contributed by atoms with E-state index in [4.69, 9.17) is 9.97 Å². The Kier molecular flexibility index (Phi) is 6.97. The molecule has 1 saturated carbocycles. The predicted molar refractivity (Wildman–Crippen MR) is 159 cm³/mol. The number of H-pyrrole nitrogens is 1. The number of nitrogens with one attached hydrogen (secondary N) is 3. The minimum absolute atomic E-state index is 0.417. The molecule has 0 saturated heterocycles. The fourth-order valence-electron chi connectivity index (χ4n) is 5.79. The molecular formula is C32H36N6. The molecule has 3 aromatic carbocycles. The zero-order valence-corrected chi connectivity index (χ0v) is 22.2. The lowest BCUT2D eigenvalue weighted by Gasteiger charge is -2.29. The number of hydrogen-bond donors (Lipinski definition) is 3. The number of benzene rings is 3. The highest BCUT2D eigenvalue weighted by molar-refractivity contribution is 5.91. The topological polar surface area (TPSA) is 68.9 Å². The van der Waals surface area contributed by atoms with Crippen LogP contribution in [-0.2, 0) is 6.54 Å². The van der Waals surface area contributed by atoms with Crippen molar-refractivity contribution in [3.05, 3.63) is 84.4 Å². The van der Waals surface area contributed by atoms with Gasteiger partial charge in [-0.2, -0.15) is 4.98 Å². The van der Waals surface area contributed by atoms with Crippen LogP contribution < -0.4 is 15.5 Å². The fourth-order valence-corrected chi connectivity index (χ4v) is 5.79. The van der Waals surface area contributed by atoms with Crippen LogP contribution in [0.4, 0.5) is 11.8 Å². The normalized spacial score (nSPS) is 17.6. The molecule has 0 radical (unpaired) electrons. The third-order valence-corrected chi connectivity index (χ3v) is 7.80. The Morgan fingerprint density at radius 3 is 2.32 bits per heavy atom. The standard InChI is InChI=1S/C32H36N6/c1-38(2)31-26-13-7-9-15-29(26)36-32(37-31)34-24-18-16-22(17-19-24)20-33-21-27-25-12-6-8-14-28(25)35-30(27)23-10-4-3-5-11-23/h3-15,22,24,33,35H,16-21H2,1-2H3,(H,34,36,37). The van der Waals surface area contributed by atoms with Crippen molar-refractivity contribution in [3.63, 3.8) is 0 Å². The molecule has 0 amide bonds. The Balaban J connectivity index is 1.07. The Morgan fingerprint density at radius 1 is 0.816 bits per heavy atom. The highest BCUT2D eigenvalue weighted by Crippen LogP contribution is 2.31. The summed E-state index contributed by atoms with van der Waals surface area (Å²) in [6.45, 7) is 1.91. The number of aromatic nitrogens is 3. The third kappa shape index (κ3) is 5.09. The van der Waals surface area contributed by atoms with Crippen molar-refractivity contribution in [2.75, 3.05) is 30.9 Å². The van der Waals surface area contributed by atoms with Crippen LogP contribution in [0.25, 0.3) is 33.1 Å². The van der Waals surface area contributed by atoms with Gasteiger partial charge in [0, 0.05) is 43.0 Å². The van der Waals surface area contributed by atoms with Gasteiger partial charge in [0.2, 0.25) is 5.95 Å². The number of para-hydroxylation sites is 2. The van der Waals surface area contributed by atoms with E-state index in [2.05, 4.69) is 87.2 Å². The van der Waals surface area contributed by atoms with Gasteiger partial charge in [0.05, 0.1) is 11.2 Å². The van der Waals surface area contributed by atoms with E-state index in [1.165, 1.54) is 40.6 Å². The van der Waals surface area contributed by atoms with Gasteiger partial charge in [0.1, 0.15) is 5.82 Å². The first-order valence-corrected chi connectivity index (χ1v) is 13.7. The van der Waals surface area contributed by atoms with Gasteiger partial charge in [0.25, 0.3) is 0 Å². The Hall–Kier alpha value is -3.90. The molecule has 0 bridgehead atoms.